The van der Waals surface area contributed by atoms with Gasteiger partial charge >= 0.3 is 147 Å². The Bertz CT molecular complexity index is 558. The fourth-order valence-corrected chi connectivity index (χ4v) is 10.7. The third-order valence-electron chi connectivity index (χ3n) is 4.26. The SMILES string of the molecule is CC1(C)OCC(CC[CH2][Sn]([c]2ccccc2)[c]2ccccc2)O1. The molecule has 121 valence electrons. The maximum absolute atomic E-state index is 5.94. The first kappa shape index (κ1) is 17.0. The third-order valence-corrected chi connectivity index (χ3v) is 12.6. The van der Waals surface area contributed by atoms with Gasteiger partial charge < -0.3 is 0 Å². The van der Waals surface area contributed by atoms with Crippen LogP contribution in [0.3, 0.4) is 0 Å². The molecule has 0 bridgehead atoms. The zero-order valence-corrected chi connectivity index (χ0v) is 16.8. The second-order valence-electron chi connectivity index (χ2n) is 6.55. The number of benzene rings is 2. The van der Waals surface area contributed by atoms with Crippen molar-refractivity contribution in [2.75, 3.05) is 6.61 Å². The van der Waals surface area contributed by atoms with Crippen LogP contribution in [0.5, 0.6) is 0 Å². The van der Waals surface area contributed by atoms with E-state index in [1.54, 1.807) is 7.16 Å². The van der Waals surface area contributed by atoms with Crippen LogP contribution in [0, 0.1) is 0 Å². The van der Waals surface area contributed by atoms with E-state index >= 15 is 0 Å². The van der Waals surface area contributed by atoms with E-state index in [-0.39, 0.29) is 6.10 Å². The van der Waals surface area contributed by atoms with Crippen molar-refractivity contribution in [3.63, 3.8) is 0 Å². The van der Waals surface area contributed by atoms with Crippen molar-refractivity contribution < 1.29 is 9.47 Å². The molecule has 1 unspecified atom stereocenters. The Kier molecular flexibility index (Phi) is 5.78. The monoisotopic (exact) mass is 417 g/mol. The van der Waals surface area contributed by atoms with Crippen LogP contribution in [0.1, 0.15) is 26.7 Å². The summed E-state index contributed by atoms with van der Waals surface area (Å²) in [4.78, 5) is 0. The Morgan fingerprint density at radius 2 is 1.52 bits per heavy atom. The van der Waals surface area contributed by atoms with E-state index in [0.717, 1.165) is 13.0 Å². The Balaban J connectivity index is 1.63. The van der Waals surface area contributed by atoms with Gasteiger partial charge in [0.05, 0.1) is 0 Å². The first-order chi connectivity index (χ1) is 11.1. The summed E-state index contributed by atoms with van der Waals surface area (Å²) in [6, 6.07) is 22.2. The van der Waals surface area contributed by atoms with Crippen LogP contribution in [0.15, 0.2) is 60.7 Å². The molecule has 2 aromatic rings. The standard InChI is InChI=1S/C8H15O2.2C6H5.Sn/c1-4-5-7-6-9-8(2,3)10-7;2*1-2-4-6-5-3-1;/h7H,1,4-6H2,2-3H3;2*1-5H;. The van der Waals surface area contributed by atoms with Crippen molar-refractivity contribution in [3.8, 4) is 0 Å². The summed E-state index contributed by atoms with van der Waals surface area (Å²) in [5.41, 5.74) is 0. The van der Waals surface area contributed by atoms with Gasteiger partial charge in [0.1, 0.15) is 0 Å². The summed E-state index contributed by atoms with van der Waals surface area (Å²) in [7, 11) is 0. The normalized spacial score (nSPS) is 20.0. The van der Waals surface area contributed by atoms with E-state index in [0.29, 0.717) is 0 Å². The van der Waals surface area contributed by atoms with Crippen LogP contribution in [0.25, 0.3) is 0 Å². The zero-order chi connectivity index (χ0) is 16.1. The molecule has 1 fully saturated rings. The van der Waals surface area contributed by atoms with Gasteiger partial charge in [-0.15, -0.1) is 0 Å². The molecule has 23 heavy (non-hydrogen) atoms. The molecule has 1 atom stereocenters. The molecule has 0 aliphatic carbocycles. The molecule has 1 saturated heterocycles. The maximum atomic E-state index is 5.94. The van der Waals surface area contributed by atoms with Crippen molar-refractivity contribution >= 4 is 26.9 Å². The van der Waals surface area contributed by atoms with Gasteiger partial charge in [0.25, 0.3) is 0 Å². The Labute approximate surface area is 146 Å². The molecule has 0 spiro atoms. The van der Waals surface area contributed by atoms with Gasteiger partial charge in [0, 0.05) is 0 Å². The average molecular weight is 416 g/mol. The van der Waals surface area contributed by atoms with Gasteiger partial charge in [-0.3, -0.25) is 0 Å². The van der Waals surface area contributed by atoms with E-state index in [2.05, 4.69) is 60.7 Å². The Morgan fingerprint density at radius 3 is 2.00 bits per heavy atom. The molecule has 2 nitrogen and oxygen atoms in total. The molecule has 1 heterocycles. The van der Waals surface area contributed by atoms with Gasteiger partial charge in [-0.2, -0.15) is 0 Å². The Morgan fingerprint density at radius 1 is 0.957 bits per heavy atom. The second-order valence-corrected chi connectivity index (χ2v) is 14.0. The molecule has 2 aromatic carbocycles. The van der Waals surface area contributed by atoms with Crippen LogP contribution in [-0.2, 0) is 9.47 Å². The number of ether oxygens (including phenoxy) is 2. The second kappa shape index (κ2) is 7.82. The van der Waals surface area contributed by atoms with Crippen molar-refractivity contribution in [1.29, 1.82) is 0 Å². The van der Waals surface area contributed by atoms with Gasteiger partial charge in [0.2, 0.25) is 0 Å². The molecule has 1 radical (unpaired) electrons. The van der Waals surface area contributed by atoms with Crippen molar-refractivity contribution in [1.82, 2.24) is 0 Å². The Hall–Kier alpha value is -0.841. The van der Waals surface area contributed by atoms with E-state index in [1.807, 2.05) is 13.8 Å². The van der Waals surface area contributed by atoms with Crippen LogP contribution < -0.4 is 7.16 Å². The summed E-state index contributed by atoms with van der Waals surface area (Å²) in [6.07, 6.45) is 2.59. The van der Waals surface area contributed by atoms with Crippen LogP contribution in [0.4, 0.5) is 0 Å². The quantitative estimate of drug-likeness (QED) is 0.674. The van der Waals surface area contributed by atoms with E-state index in [9.17, 15) is 0 Å². The number of rotatable bonds is 6. The van der Waals surface area contributed by atoms with Crippen molar-refractivity contribution in [2.45, 2.75) is 43.0 Å². The predicted octanol–water partition coefficient (Wildman–Crippen LogP) is 3.23. The number of hydrogen-bond donors (Lipinski definition) is 0. The molecular formula is C20H25O2Sn. The van der Waals surface area contributed by atoms with E-state index in [4.69, 9.17) is 9.47 Å². The third kappa shape index (κ3) is 4.82. The molecule has 1 aliphatic rings. The molecule has 0 saturated carbocycles. The molecule has 3 rings (SSSR count). The molecule has 3 heteroatoms. The molecule has 0 N–H and O–H groups in total. The summed E-state index contributed by atoms with van der Waals surface area (Å²) in [5.74, 6) is -0.398. The summed E-state index contributed by atoms with van der Waals surface area (Å²) in [5, 5.41) is 0. The van der Waals surface area contributed by atoms with Gasteiger partial charge in [-0.1, -0.05) is 0 Å². The first-order valence-corrected chi connectivity index (χ1v) is 13.3. The molecular weight excluding hydrogens is 391 g/mol. The summed E-state index contributed by atoms with van der Waals surface area (Å²) < 4.78 is 16.1. The topological polar surface area (TPSA) is 18.5 Å². The van der Waals surface area contributed by atoms with Crippen LogP contribution in [0.2, 0.25) is 4.44 Å². The van der Waals surface area contributed by atoms with E-state index < -0.39 is 25.5 Å². The van der Waals surface area contributed by atoms with Crippen LogP contribution >= 0.6 is 0 Å². The number of hydrogen-bond acceptors (Lipinski definition) is 2. The minimum absolute atomic E-state index is 0.265. The van der Waals surface area contributed by atoms with Crippen LogP contribution in [-0.4, -0.2) is 38.3 Å². The summed E-state index contributed by atoms with van der Waals surface area (Å²) in [6.45, 7) is 4.74. The first-order valence-electron chi connectivity index (χ1n) is 8.42. The fourth-order valence-electron chi connectivity index (χ4n) is 3.15. The predicted molar refractivity (Wildman–Crippen MR) is 96.9 cm³/mol. The molecule has 1 aliphatic heterocycles. The zero-order valence-electron chi connectivity index (χ0n) is 14.0. The minimum atomic E-state index is -1.80. The van der Waals surface area contributed by atoms with E-state index in [1.165, 1.54) is 10.9 Å². The summed E-state index contributed by atoms with van der Waals surface area (Å²) >= 11 is -1.80. The van der Waals surface area contributed by atoms with Gasteiger partial charge in [0.15, 0.2) is 0 Å². The van der Waals surface area contributed by atoms with Crippen molar-refractivity contribution in [3.05, 3.63) is 60.7 Å². The van der Waals surface area contributed by atoms with Gasteiger partial charge in [-0.05, 0) is 0 Å². The molecule has 0 amide bonds. The molecule has 0 aromatic heterocycles. The van der Waals surface area contributed by atoms with Crippen molar-refractivity contribution in [2.24, 2.45) is 0 Å². The van der Waals surface area contributed by atoms with Gasteiger partial charge in [-0.25, -0.2) is 0 Å². The fraction of sp³-hybridized carbons (Fsp3) is 0.400. The average Bonchev–Trinajstić information content (AvgIpc) is 2.92.